The summed E-state index contributed by atoms with van der Waals surface area (Å²) in [5.74, 6) is 0.928. The van der Waals surface area contributed by atoms with Crippen molar-refractivity contribution in [2.75, 3.05) is 13.1 Å². The van der Waals surface area contributed by atoms with E-state index in [4.69, 9.17) is 0 Å². The summed E-state index contributed by atoms with van der Waals surface area (Å²) in [4.78, 5) is 0. The first-order valence-electron chi connectivity index (χ1n) is 3.78. The van der Waals surface area contributed by atoms with Gasteiger partial charge in [-0.1, -0.05) is 30.2 Å². The normalized spacial score (nSPS) is 27.3. The van der Waals surface area contributed by atoms with Crippen LogP contribution in [0.1, 0.15) is 27.2 Å². The smallest absolute Gasteiger partial charge is 0.00424 e. The molecule has 2 unspecified atom stereocenters. The van der Waals surface area contributed by atoms with Gasteiger partial charge in [-0.25, -0.2) is 0 Å². The van der Waals surface area contributed by atoms with Crippen LogP contribution < -0.4 is 0 Å². The van der Waals surface area contributed by atoms with Gasteiger partial charge in [0.25, 0.3) is 0 Å². The molecule has 9 heavy (non-hydrogen) atoms. The molecule has 1 aliphatic rings. The summed E-state index contributed by atoms with van der Waals surface area (Å²) in [6, 6.07) is 0. The molecule has 1 rings (SSSR count). The van der Waals surface area contributed by atoms with Crippen LogP contribution in [-0.2, 0) is 0 Å². The van der Waals surface area contributed by atoms with E-state index in [1.807, 2.05) is 13.8 Å². The second-order valence-electron chi connectivity index (χ2n) is 2.39. The Labute approximate surface area is 61.1 Å². The van der Waals surface area contributed by atoms with Crippen LogP contribution in [0.5, 0.6) is 0 Å². The van der Waals surface area contributed by atoms with E-state index in [1.54, 1.807) is 0 Å². The predicted octanol–water partition coefficient (Wildman–Crippen LogP) is 2.14. The lowest BCUT2D eigenvalue weighted by molar-refractivity contribution is 0.549. The van der Waals surface area contributed by atoms with Gasteiger partial charge in [0.1, 0.15) is 0 Å². The molecule has 0 N–H and O–H groups in total. The van der Waals surface area contributed by atoms with Gasteiger partial charge in [0.2, 0.25) is 0 Å². The summed E-state index contributed by atoms with van der Waals surface area (Å²) in [7, 11) is 2.73. The molecule has 0 bridgehead atoms. The monoisotopic (exact) mass is 147 g/mol. The maximum atomic E-state index is 2.73. The molecule has 0 amide bonds. The van der Waals surface area contributed by atoms with Crippen LogP contribution in [-0.4, -0.2) is 17.8 Å². The summed E-state index contributed by atoms with van der Waals surface area (Å²) >= 11 is 0. The van der Waals surface area contributed by atoms with E-state index < -0.39 is 0 Å². The van der Waals surface area contributed by atoms with Crippen molar-refractivity contribution in [1.29, 1.82) is 0 Å². The average molecular weight is 147 g/mol. The third kappa shape index (κ3) is 3.89. The van der Waals surface area contributed by atoms with E-state index in [-0.39, 0.29) is 0 Å². The van der Waals surface area contributed by atoms with Crippen molar-refractivity contribution in [2.45, 2.75) is 27.2 Å². The molecule has 1 fully saturated rings. The molecule has 0 radical (unpaired) electrons. The summed E-state index contributed by atoms with van der Waals surface area (Å²) in [5.41, 5.74) is 0. The SMILES string of the molecule is CC.CC1CCN(P)C1. The Hall–Kier alpha value is 0.390. The molecule has 2 atom stereocenters. The minimum absolute atomic E-state index is 0.928. The Morgan fingerprint density at radius 3 is 2.11 bits per heavy atom. The first kappa shape index (κ1) is 9.39. The number of rotatable bonds is 0. The minimum Gasteiger partial charge on any atom is -0.287 e. The average Bonchev–Trinajstić information content (AvgIpc) is 2.20. The Morgan fingerprint density at radius 2 is 2.00 bits per heavy atom. The zero-order valence-corrected chi connectivity index (χ0v) is 7.88. The third-order valence-electron chi connectivity index (χ3n) is 1.46. The van der Waals surface area contributed by atoms with Crippen LogP contribution >= 0.6 is 9.39 Å². The van der Waals surface area contributed by atoms with E-state index >= 15 is 0 Å². The fraction of sp³-hybridized carbons (Fsp3) is 1.00. The second-order valence-corrected chi connectivity index (χ2v) is 3.12. The lowest BCUT2D eigenvalue weighted by atomic mass is 10.2. The zero-order valence-electron chi connectivity index (χ0n) is 6.72. The quantitative estimate of drug-likeness (QED) is 0.474. The topological polar surface area (TPSA) is 3.24 Å². The van der Waals surface area contributed by atoms with E-state index in [2.05, 4.69) is 21.0 Å². The highest BCUT2D eigenvalue weighted by molar-refractivity contribution is 7.13. The van der Waals surface area contributed by atoms with Crippen molar-refractivity contribution in [3.8, 4) is 0 Å². The van der Waals surface area contributed by atoms with Crippen molar-refractivity contribution >= 4 is 9.39 Å². The van der Waals surface area contributed by atoms with Gasteiger partial charge >= 0.3 is 0 Å². The van der Waals surface area contributed by atoms with Crippen molar-refractivity contribution in [2.24, 2.45) is 5.92 Å². The van der Waals surface area contributed by atoms with Crippen molar-refractivity contribution in [3.05, 3.63) is 0 Å². The Bertz CT molecular complexity index is 57.9. The highest BCUT2D eigenvalue weighted by Crippen LogP contribution is 2.17. The highest BCUT2D eigenvalue weighted by Gasteiger charge is 2.13. The lowest BCUT2D eigenvalue weighted by Crippen LogP contribution is -2.04. The molecule has 0 aromatic rings. The predicted molar refractivity (Wildman–Crippen MR) is 46.4 cm³/mol. The first-order chi connectivity index (χ1) is 4.29. The van der Waals surface area contributed by atoms with Crippen molar-refractivity contribution in [3.63, 3.8) is 0 Å². The molecule has 0 aromatic heterocycles. The van der Waals surface area contributed by atoms with Gasteiger partial charge in [-0.3, -0.25) is 4.67 Å². The molecular formula is C7H18NP. The van der Waals surface area contributed by atoms with Crippen LogP contribution in [0.3, 0.4) is 0 Å². The Balaban J connectivity index is 0.000000291. The maximum absolute atomic E-state index is 2.73. The van der Waals surface area contributed by atoms with Crippen molar-refractivity contribution < 1.29 is 0 Å². The van der Waals surface area contributed by atoms with Gasteiger partial charge in [-0.15, -0.1) is 0 Å². The van der Waals surface area contributed by atoms with Gasteiger partial charge in [-0.05, 0) is 12.3 Å². The number of hydrogen-bond acceptors (Lipinski definition) is 1. The summed E-state index contributed by atoms with van der Waals surface area (Å²) in [6.07, 6.45) is 1.38. The third-order valence-corrected chi connectivity index (χ3v) is 1.92. The molecule has 0 aliphatic carbocycles. The van der Waals surface area contributed by atoms with E-state index in [9.17, 15) is 0 Å². The fourth-order valence-electron chi connectivity index (χ4n) is 0.969. The molecule has 0 saturated carbocycles. The van der Waals surface area contributed by atoms with Gasteiger partial charge in [0.05, 0.1) is 0 Å². The first-order valence-corrected chi connectivity index (χ1v) is 4.30. The molecule has 1 saturated heterocycles. The van der Waals surface area contributed by atoms with Crippen LogP contribution in [0.2, 0.25) is 0 Å². The molecule has 0 spiro atoms. The van der Waals surface area contributed by atoms with E-state index in [0.717, 1.165) is 5.92 Å². The summed E-state index contributed by atoms with van der Waals surface area (Å²) < 4.78 is 2.30. The Kier molecular flexibility index (Phi) is 5.42. The molecule has 56 valence electrons. The number of nitrogens with zero attached hydrogens (tertiary/aromatic N) is 1. The van der Waals surface area contributed by atoms with Crippen molar-refractivity contribution in [1.82, 2.24) is 4.67 Å². The van der Waals surface area contributed by atoms with Crippen LogP contribution in [0.4, 0.5) is 0 Å². The lowest BCUT2D eigenvalue weighted by Gasteiger charge is -2.03. The molecule has 1 heterocycles. The summed E-state index contributed by atoms with van der Waals surface area (Å²) in [6.45, 7) is 8.83. The molecule has 0 aromatic carbocycles. The Morgan fingerprint density at radius 1 is 1.44 bits per heavy atom. The maximum Gasteiger partial charge on any atom is 0.00424 e. The number of hydrogen-bond donors (Lipinski definition) is 0. The van der Waals surface area contributed by atoms with Gasteiger partial charge < -0.3 is 0 Å². The standard InChI is InChI=1S/C5H12NP.C2H6/c1-5-2-3-6(7)4-5;1-2/h5H,2-4,7H2,1H3;1-2H3. The zero-order chi connectivity index (χ0) is 7.28. The highest BCUT2D eigenvalue weighted by atomic mass is 31.0. The minimum atomic E-state index is 0.928. The van der Waals surface area contributed by atoms with Gasteiger partial charge in [-0.2, -0.15) is 0 Å². The summed E-state index contributed by atoms with van der Waals surface area (Å²) in [5, 5.41) is 0. The van der Waals surface area contributed by atoms with Crippen LogP contribution in [0, 0.1) is 5.92 Å². The van der Waals surface area contributed by atoms with E-state index in [0.29, 0.717) is 0 Å². The largest absolute Gasteiger partial charge is 0.287 e. The van der Waals surface area contributed by atoms with Crippen LogP contribution in [0.25, 0.3) is 0 Å². The van der Waals surface area contributed by atoms with Crippen LogP contribution in [0.15, 0.2) is 0 Å². The molecular weight excluding hydrogens is 129 g/mol. The van der Waals surface area contributed by atoms with Gasteiger partial charge in [0.15, 0.2) is 0 Å². The fourth-order valence-corrected chi connectivity index (χ4v) is 1.48. The second kappa shape index (κ2) is 5.20. The van der Waals surface area contributed by atoms with E-state index in [1.165, 1.54) is 19.5 Å². The van der Waals surface area contributed by atoms with Gasteiger partial charge in [0, 0.05) is 13.1 Å². The molecule has 1 nitrogen and oxygen atoms in total. The molecule has 2 heteroatoms. The molecule has 1 aliphatic heterocycles.